The highest BCUT2D eigenvalue weighted by molar-refractivity contribution is 9.10. The van der Waals surface area contributed by atoms with Gasteiger partial charge in [0, 0.05) is 0 Å². The fourth-order valence-electron chi connectivity index (χ4n) is 1.17. The van der Waals surface area contributed by atoms with Crippen LogP contribution in [-0.2, 0) is 16.1 Å². The first-order chi connectivity index (χ1) is 8.06. The van der Waals surface area contributed by atoms with Gasteiger partial charge in [0.05, 0.1) is 18.6 Å². The first kappa shape index (κ1) is 13.9. The molecule has 1 rings (SSSR count). The summed E-state index contributed by atoms with van der Waals surface area (Å²) in [5, 5.41) is 0. The lowest BCUT2D eigenvalue weighted by Crippen LogP contribution is -2.26. The summed E-state index contributed by atoms with van der Waals surface area (Å²) in [6.07, 6.45) is 3.14. The van der Waals surface area contributed by atoms with Crippen LogP contribution in [0.3, 0.4) is 0 Å². The number of nitrogens with zero attached hydrogens (tertiary/aromatic N) is 2. The standard InChI is InChI=1S/C11H15BrN2O3/c1-3-4-5-17-9(15)6-14-7-13-8(2)10(12)11(14)16/h7H,3-6H2,1-2H3. The Hall–Kier alpha value is -1.17. The van der Waals surface area contributed by atoms with Crippen LogP contribution in [-0.4, -0.2) is 22.1 Å². The van der Waals surface area contributed by atoms with Crippen molar-refractivity contribution in [2.75, 3.05) is 6.61 Å². The van der Waals surface area contributed by atoms with E-state index in [1.807, 2.05) is 6.92 Å². The predicted molar refractivity (Wildman–Crippen MR) is 66.8 cm³/mol. The number of esters is 1. The van der Waals surface area contributed by atoms with Crippen LogP contribution in [0.4, 0.5) is 0 Å². The molecule has 0 fully saturated rings. The number of hydrogen-bond acceptors (Lipinski definition) is 4. The first-order valence-corrected chi connectivity index (χ1v) is 6.22. The van der Waals surface area contributed by atoms with Gasteiger partial charge in [-0.05, 0) is 29.3 Å². The van der Waals surface area contributed by atoms with Crippen molar-refractivity contribution >= 4 is 21.9 Å². The zero-order valence-electron chi connectivity index (χ0n) is 9.90. The van der Waals surface area contributed by atoms with Crippen molar-refractivity contribution in [3.05, 3.63) is 26.8 Å². The van der Waals surface area contributed by atoms with E-state index >= 15 is 0 Å². The van der Waals surface area contributed by atoms with E-state index in [0.717, 1.165) is 12.8 Å². The van der Waals surface area contributed by atoms with E-state index in [0.29, 0.717) is 16.8 Å². The van der Waals surface area contributed by atoms with Crippen molar-refractivity contribution in [1.82, 2.24) is 9.55 Å². The Kier molecular flexibility index (Phi) is 5.34. The van der Waals surface area contributed by atoms with E-state index in [2.05, 4.69) is 20.9 Å². The van der Waals surface area contributed by atoms with Crippen molar-refractivity contribution in [1.29, 1.82) is 0 Å². The molecule has 0 bridgehead atoms. The largest absolute Gasteiger partial charge is 0.464 e. The molecule has 0 N–H and O–H groups in total. The maximum Gasteiger partial charge on any atom is 0.326 e. The molecule has 1 aromatic heterocycles. The molecule has 5 nitrogen and oxygen atoms in total. The molecule has 0 atom stereocenters. The van der Waals surface area contributed by atoms with Crippen LogP contribution in [0.5, 0.6) is 0 Å². The number of aryl methyl sites for hydroxylation is 1. The zero-order chi connectivity index (χ0) is 12.8. The Balaban J connectivity index is 2.66. The minimum atomic E-state index is -0.418. The van der Waals surface area contributed by atoms with Crippen molar-refractivity contribution in [3.8, 4) is 0 Å². The number of aromatic nitrogens is 2. The molecular weight excluding hydrogens is 288 g/mol. The highest BCUT2D eigenvalue weighted by Gasteiger charge is 2.09. The average molecular weight is 303 g/mol. The number of carbonyl (C=O) groups is 1. The van der Waals surface area contributed by atoms with Gasteiger partial charge in [0.2, 0.25) is 0 Å². The lowest BCUT2D eigenvalue weighted by Gasteiger charge is -2.07. The Morgan fingerprint density at radius 1 is 1.59 bits per heavy atom. The molecular formula is C11H15BrN2O3. The molecule has 17 heavy (non-hydrogen) atoms. The highest BCUT2D eigenvalue weighted by Crippen LogP contribution is 2.05. The molecule has 0 unspecified atom stereocenters. The van der Waals surface area contributed by atoms with Crippen molar-refractivity contribution < 1.29 is 9.53 Å². The van der Waals surface area contributed by atoms with Gasteiger partial charge in [-0.3, -0.25) is 14.2 Å². The molecule has 0 radical (unpaired) electrons. The second kappa shape index (κ2) is 6.54. The fourth-order valence-corrected chi connectivity index (χ4v) is 1.50. The van der Waals surface area contributed by atoms with E-state index in [9.17, 15) is 9.59 Å². The van der Waals surface area contributed by atoms with E-state index in [-0.39, 0.29) is 12.1 Å². The average Bonchev–Trinajstić information content (AvgIpc) is 2.30. The smallest absolute Gasteiger partial charge is 0.326 e. The second-order valence-corrected chi connectivity index (χ2v) is 4.44. The van der Waals surface area contributed by atoms with Gasteiger partial charge in [0.1, 0.15) is 11.0 Å². The third kappa shape index (κ3) is 3.96. The molecule has 1 aromatic rings. The van der Waals surface area contributed by atoms with Gasteiger partial charge >= 0.3 is 5.97 Å². The minimum Gasteiger partial charge on any atom is -0.464 e. The monoisotopic (exact) mass is 302 g/mol. The molecule has 0 aliphatic rings. The van der Waals surface area contributed by atoms with Crippen LogP contribution in [0.2, 0.25) is 0 Å². The molecule has 1 heterocycles. The number of hydrogen-bond donors (Lipinski definition) is 0. The molecule has 94 valence electrons. The number of rotatable bonds is 5. The van der Waals surface area contributed by atoms with Gasteiger partial charge in [0.15, 0.2) is 0 Å². The summed E-state index contributed by atoms with van der Waals surface area (Å²) in [5.74, 6) is -0.418. The van der Waals surface area contributed by atoms with Gasteiger partial charge in [-0.15, -0.1) is 0 Å². The molecule has 6 heteroatoms. The lowest BCUT2D eigenvalue weighted by molar-refractivity contribution is -0.144. The molecule has 0 amide bonds. The Bertz CT molecular complexity index is 457. The molecule has 0 aromatic carbocycles. The lowest BCUT2D eigenvalue weighted by atomic mass is 10.4. The third-order valence-corrected chi connectivity index (χ3v) is 3.13. The molecule has 0 aliphatic carbocycles. The number of ether oxygens (including phenoxy) is 1. The Labute approximate surface area is 108 Å². The normalized spacial score (nSPS) is 10.3. The van der Waals surface area contributed by atoms with Gasteiger partial charge in [-0.2, -0.15) is 0 Å². The van der Waals surface area contributed by atoms with E-state index in [4.69, 9.17) is 4.74 Å². The van der Waals surface area contributed by atoms with Crippen molar-refractivity contribution in [2.24, 2.45) is 0 Å². The molecule has 0 spiro atoms. The van der Waals surface area contributed by atoms with Crippen LogP contribution >= 0.6 is 15.9 Å². The summed E-state index contributed by atoms with van der Waals surface area (Å²) in [6.45, 7) is 4.02. The highest BCUT2D eigenvalue weighted by atomic mass is 79.9. The maximum atomic E-state index is 11.7. The number of carbonyl (C=O) groups excluding carboxylic acids is 1. The van der Waals surface area contributed by atoms with Crippen LogP contribution in [0.1, 0.15) is 25.5 Å². The van der Waals surface area contributed by atoms with Crippen LogP contribution in [0, 0.1) is 6.92 Å². The number of unbranched alkanes of at least 4 members (excludes halogenated alkanes) is 1. The van der Waals surface area contributed by atoms with E-state index in [1.165, 1.54) is 10.9 Å². The Morgan fingerprint density at radius 2 is 2.29 bits per heavy atom. The summed E-state index contributed by atoms with van der Waals surface area (Å²) >= 11 is 3.14. The fraction of sp³-hybridized carbons (Fsp3) is 0.545. The zero-order valence-corrected chi connectivity index (χ0v) is 11.5. The summed E-state index contributed by atoms with van der Waals surface area (Å²) < 4.78 is 6.57. The van der Waals surface area contributed by atoms with Crippen LogP contribution in [0.25, 0.3) is 0 Å². The predicted octanol–water partition coefficient (Wildman–Crippen LogP) is 1.66. The maximum absolute atomic E-state index is 11.7. The molecule has 0 saturated carbocycles. The van der Waals surface area contributed by atoms with Crippen molar-refractivity contribution in [2.45, 2.75) is 33.2 Å². The van der Waals surface area contributed by atoms with Gasteiger partial charge < -0.3 is 4.74 Å². The van der Waals surface area contributed by atoms with Crippen LogP contribution < -0.4 is 5.56 Å². The third-order valence-electron chi connectivity index (χ3n) is 2.22. The van der Waals surface area contributed by atoms with Gasteiger partial charge in [0.25, 0.3) is 5.56 Å². The summed E-state index contributed by atoms with van der Waals surface area (Å²) in [6, 6.07) is 0. The minimum absolute atomic E-state index is 0.103. The molecule has 0 saturated heterocycles. The summed E-state index contributed by atoms with van der Waals surface area (Å²) in [4.78, 5) is 27.1. The second-order valence-electron chi connectivity index (χ2n) is 3.65. The van der Waals surface area contributed by atoms with Crippen LogP contribution in [0.15, 0.2) is 15.6 Å². The van der Waals surface area contributed by atoms with Crippen molar-refractivity contribution in [3.63, 3.8) is 0 Å². The topological polar surface area (TPSA) is 61.2 Å². The summed E-state index contributed by atoms with van der Waals surface area (Å²) in [7, 11) is 0. The molecule has 0 aliphatic heterocycles. The number of halogens is 1. The van der Waals surface area contributed by atoms with Gasteiger partial charge in [-0.1, -0.05) is 13.3 Å². The summed E-state index contributed by atoms with van der Waals surface area (Å²) in [5.41, 5.74) is 0.329. The SMILES string of the molecule is CCCCOC(=O)Cn1cnc(C)c(Br)c1=O. The van der Waals surface area contributed by atoms with E-state index in [1.54, 1.807) is 6.92 Å². The quantitative estimate of drug-likeness (QED) is 0.613. The Morgan fingerprint density at radius 3 is 2.94 bits per heavy atom. The van der Waals surface area contributed by atoms with E-state index < -0.39 is 5.97 Å². The first-order valence-electron chi connectivity index (χ1n) is 5.43. The van der Waals surface area contributed by atoms with Gasteiger partial charge in [-0.25, -0.2) is 4.98 Å².